The van der Waals surface area contributed by atoms with Gasteiger partial charge in [-0.15, -0.1) is 0 Å². The molecule has 0 bridgehead atoms. The maximum absolute atomic E-state index is 2.49. The molecule has 0 spiro atoms. The minimum absolute atomic E-state index is 0.867. The number of hydrogen-bond acceptors (Lipinski definition) is 0. The number of hydrogen-bond donors (Lipinski definition) is 0. The van der Waals surface area contributed by atoms with E-state index in [0.29, 0.717) is 0 Å². The minimum atomic E-state index is 0.867. The van der Waals surface area contributed by atoms with E-state index in [2.05, 4.69) is 41.5 Å². The summed E-state index contributed by atoms with van der Waals surface area (Å²) in [6.07, 6.45) is 10.6. The van der Waals surface area contributed by atoms with E-state index < -0.39 is 0 Å². The molecule has 0 heteroatoms. The molecule has 2 saturated carbocycles. The molecule has 0 aromatic carbocycles. The molecule has 0 aromatic heterocycles. The van der Waals surface area contributed by atoms with Crippen LogP contribution in [0.2, 0.25) is 0 Å². The van der Waals surface area contributed by atoms with Crippen molar-refractivity contribution < 1.29 is 0 Å². The van der Waals surface area contributed by atoms with Crippen molar-refractivity contribution in [1.82, 2.24) is 0 Å². The second-order valence-electron chi connectivity index (χ2n) is 9.26. The van der Waals surface area contributed by atoms with Crippen molar-refractivity contribution in [3.63, 3.8) is 0 Å². The molecule has 0 aromatic rings. The Balaban J connectivity index is 2.17. The molecule has 2 fully saturated rings. The van der Waals surface area contributed by atoms with Gasteiger partial charge in [0.05, 0.1) is 0 Å². The molecule has 0 radical (unpaired) electrons. The quantitative estimate of drug-likeness (QED) is 0.535. The fourth-order valence-electron chi connectivity index (χ4n) is 5.73. The van der Waals surface area contributed by atoms with Crippen LogP contribution in [-0.2, 0) is 0 Å². The highest BCUT2D eigenvalue weighted by Crippen LogP contribution is 2.51. The van der Waals surface area contributed by atoms with Gasteiger partial charge in [-0.25, -0.2) is 0 Å². The smallest absolute Gasteiger partial charge is 0.0352 e. The molecule has 2 rings (SSSR count). The maximum Gasteiger partial charge on any atom is -0.0352 e. The van der Waals surface area contributed by atoms with E-state index in [0.717, 1.165) is 47.3 Å². The molecule has 4 unspecified atom stereocenters. The van der Waals surface area contributed by atoms with Gasteiger partial charge in [-0.1, -0.05) is 73.6 Å². The SMILES string of the molecule is CC(C)C1CC(C(C)C)C(C2CCCCC2)CC1C(C)C. The van der Waals surface area contributed by atoms with Crippen LogP contribution < -0.4 is 0 Å². The lowest BCUT2D eigenvalue weighted by molar-refractivity contribution is -0.00195. The van der Waals surface area contributed by atoms with Crippen molar-refractivity contribution in [1.29, 1.82) is 0 Å². The first-order valence-corrected chi connectivity index (χ1v) is 9.91. The average Bonchev–Trinajstić information content (AvgIpc) is 2.46. The summed E-state index contributed by atoms with van der Waals surface area (Å²) in [6.45, 7) is 14.9. The molecule has 0 amide bonds. The lowest BCUT2D eigenvalue weighted by Crippen LogP contribution is -2.42. The van der Waals surface area contributed by atoms with Gasteiger partial charge in [0.1, 0.15) is 0 Å². The summed E-state index contributed by atoms with van der Waals surface area (Å²) in [6, 6.07) is 0. The van der Waals surface area contributed by atoms with Crippen LogP contribution >= 0.6 is 0 Å². The molecule has 4 atom stereocenters. The zero-order valence-corrected chi connectivity index (χ0v) is 15.6. The second kappa shape index (κ2) is 7.51. The fraction of sp³-hybridized carbons (Fsp3) is 1.00. The van der Waals surface area contributed by atoms with Crippen LogP contribution in [0.25, 0.3) is 0 Å². The molecule has 0 nitrogen and oxygen atoms in total. The number of rotatable bonds is 4. The topological polar surface area (TPSA) is 0 Å². The van der Waals surface area contributed by atoms with Crippen LogP contribution in [0.3, 0.4) is 0 Å². The molecule has 124 valence electrons. The van der Waals surface area contributed by atoms with Crippen LogP contribution in [0.4, 0.5) is 0 Å². The lowest BCUT2D eigenvalue weighted by Gasteiger charge is -2.50. The first-order valence-electron chi connectivity index (χ1n) is 9.91. The highest BCUT2D eigenvalue weighted by Gasteiger charge is 2.43. The lowest BCUT2D eigenvalue weighted by atomic mass is 9.56. The molecule has 0 saturated heterocycles. The van der Waals surface area contributed by atoms with Crippen LogP contribution in [0, 0.1) is 47.3 Å². The van der Waals surface area contributed by atoms with Crippen molar-refractivity contribution in [3.05, 3.63) is 0 Å². The zero-order chi connectivity index (χ0) is 15.6. The van der Waals surface area contributed by atoms with E-state index in [1.807, 2.05) is 0 Å². The Kier molecular flexibility index (Phi) is 6.21. The third-order valence-corrected chi connectivity index (χ3v) is 7.01. The van der Waals surface area contributed by atoms with Gasteiger partial charge in [0, 0.05) is 0 Å². The van der Waals surface area contributed by atoms with E-state index in [-0.39, 0.29) is 0 Å². The minimum Gasteiger partial charge on any atom is -0.0625 e. The van der Waals surface area contributed by atoms with Gasteiger partial charge in [0.2, 0.25) is 0 Å². The average molecular weight is 293 g/mol. The third kappa shape index (κ3) is 4.05. The summed E-state index contributed by atoms with van der Waals surface area (Å²) >= 11 is 0. The van der Waals surface area contributed by atoms with Crippen LogP contribution in [0.15, 0.2) is 0 Å². The van der Waals surface area contributed by atoms with Gasteiger partial charge in [-0.3, -0.25) is 0 Å². The van der Waals surface area contributed by atoms with Crippen molar-refractivity contribution in [2.24, 2.45) is 47.3 Å². The van der Waals surface area contributed by atoms with Gasteiger partial charge < -0.3 is 0 Å². The van der Waals surface area contributed by atoms with E-state index in [1.165, 1.54) is 44.9 Å². The molecule has 2 aliphatic rings. The Morgan fingerprint density at radius 2 is 1.05 bits per heavy atom. The molecular weight excluding hydrogens is 252 g/mol. The maximum atomic E-state index is 2.49. The van der Waals surface area contributed by atoms with Crippen molar-refractivity contribution in [3.8, 4) is 0 Å². The molecule has 21 heavy (non-hydrogen) atoms. The normalized spacial score (nSPS) is 35.9. The molecular formula is C21H40. The van der Waals surface area contributed by atoms with E-state index >= 15 is 0 Å². The van der Waals surface area contributed by atoms with Crippen molar-refractivity contribution in [2.45, 2.75) is 86.5 Å². The first kappa shape index (κ1) is 17.4. The van der Waals surface area contributed by atoms with Gasteiger partial charge in [0.25, 0.3) is 0 Å². The third-order valence-electron chi connectivity index (χ3n) is 7.01. The van der Waals surface area contributed by atoms with E-state index in [4.69, 9.17) is 0 Å². The fourth-order valence-corrected chi connectivity index (χ4v) is 5.73. The highest BCUT2D eigenvalue weighted by atomic mass is 14.5. The van der Waals surface area contributed by atoms with Gasteiger partial charge in [0.15, 0.2) is 0 Å². The largest absolute Gasteiger partial charge is 0.0625 e. The standard InChI is InChI=1S/C21H40/c1-14(2)18-12-20(16(5)6)21(13-19(18)15(3)4)17-10-8-7-9-11-17/h14-21H,7-13H2,1-6H3. The van der Waals surface area contributed by atoms with E-state index in [1.54, 1.807) is 0 Å². The summed E-state index contributed by atoms with van der Waals surface area (Å²) in [5, 5.41) is 0. The summed E-state index contributed by atoms with van der Waals surface area (Å²) in [7, 11) is 0. The molecule has 0 N–H and O–H groups in total. The van der Waals surface area contributed by atoms with Gasteiger partial charge in [-0.05, 0) is 60.2 Å². The van der Waals surface area contributed by atoms with Crippen molar-refractivity contribution in [2.75, 3.05) is 0 Å². The predicted molar refractivity (Wildman–Crippen MR) is 94.3 cm³/mol. The van der Waals surface area contributed by atoms with E-state index in [9.17, 15) is 0 Å². The Labute approximate surface area is 134 Å². The summed E-state index contributed by atoms with van der Waals surface area (Å²) in [5.74, 6) is 7.65. The Hall–Kier alpha value is 0. The molecule has 2 aliphatic carbocycles. The van der Waals surface area contributed by atoms with Gasteiger partial charge >= 0.3 is 0 Å². The van der Waals surface area contributed by atoms with Crippen molar-refractivity contribution >= 4 is 0 Å². The Morgan fingerprint density at radius 1 is 0.571 bits per heavy atom. The van der Waals surface area contributed by atoms with Crippen LogP contribution in [-0.4, -0.2) is 0 Å². The summed E-state index contributed by atoms with van der Waals surface area (Å²) in [4.78, 5) is 0. The Morgan fingerprint density at radius 3 is 1.52 bits per heavy atom. The summed E-state index contributed by atoms with van der Waals surface area (Å²) < 4.78 is 0. The van der Waals surface area contributed by atoms with Crippen LogP contribution in [0.1, 0.15) is 86.5 Å². The zero-order valence-electron chi connectivity index (χ0n) is 15.6. The highest BCUT2D eigenvalue weighted by molar-refractivity contribution is 4.92. The summed E-state index contributed by atoms with van der Waals surface area (Å²) in [5.41, 5.74) is 0. The second-order valence-corrected chi connectivity index (χ2v) is 9.26. The van der Waals surface area contributed by atoms with Gasteiger partial charge in [-0.2, -0.15) is 0 Å². The molecule has 0 heterocycles. The van der Waals surface area contributed by atoms with Crippen LogP contribution in [0.5, 0.6) is 0 Å². The predicted octanol–water partition coefficient (Wildman–Crippen LogP) is 6.79. The first-order chi connectivity index (χ1) is 9.91. The Bertz CT molecular complexity index is 295. The monoisotopic (exact) mass is 292 g/mol. The molecule has 0 aliphatic heterocycles.